The van der Waals surface area contributed by atoms with Crippen LogP contribution in [0.5, 0.6) is 0 Å². The molecule has 1 N–H and O–H groups in total. The third-order valence-electron chi connectivity index (χ3n) is 3.91. The van der Waals surface area contributed by atoms with E-state index in [4.69, 9.17) is 11.6 Å². The van der Waals surface area contributed by atoms with Gasteiger partial charge in [-0.3, -0.25) is 0 Å². The van der Waals surface area contributed by atoms with Gasteiger partial charge in [0.15, 0.2) is 0 Å². The topological polar surface area (TPSA) is 40.5 Å². The van der Waals surface area contributed by atoms with Crippen molar-refractivity contribution in [1.29, 1.82) is 0 Å². The summed E-state index contributed by atoms with van der Waals surface area (Å²) in [7, 11) is 0. The van der Waals surface area contributed by atoms with E-state index in [1.165, 1.54) is 19.3 Å². The van der Waals surface area contributed by atoms with E-state index in [1.807, 2.05) is 0 Å². The SMILES string of the molecule is O=C(O)c1ccc(Cl)cc1N1CC2CCC1C2. The van der Waals surface area contributed by atoms with Crippen molar-refractivity contribution < 1.29 is 9.90 Å². The van der Waals surface area contributed by atoms with E-state index in [1.54, 1.807) is 18.2 Å². The molecule has 3 rings (SSSR count). The van der Waals surface area contributed by atoms with E-state index in [0.29, 0.717) is 16.6 Å². The number of aromatic carboxylic acids is 1. The number of carboxylic acids is 1. The molecule has 1 aliphatic carbocycles. The number of fused-ring (bicyclic) bond motifs is 2. The number of rotatable bonds is 2. The standard InChI is InChI=1S/C13H14ClNO2/c14-9-2-4-11(13(16)17)12(6-9)15-7-8-1-3-10(15)5-8/h2,4,6,8,10H,1,3,5,7H2,(H,16,17). The zero-order valence-electron chi connectivity index (χ0n) is 9.40. The molecule has 0 amide bonds. The van der Waals surface area contributed by atoms with Crippen LogP contribution in [0, 0.1) is 5.92 Å². The Labute approximate surface area is 105 Å². The van der Waals surface area contributed by atoms with Gasteiger partial charge >= 0.3 is 5.97 Å². The molecular weight excluding hydrogens is 238 g/mol. The number of hydrogen-bond donors (Lipinski definition) is 1. The maximum absolute atomic E-state index is 11.2. The zero-order valence-corrected chi connectivity index (χ0v) is 10.2. The van der Waals surface area contributed by atoms with Crippen LogP contribution in [0.2, 0.25) is 5.02 Å². The minimum absolute atomic E-state index is 0.363. The molecule has 1 saturated heterocycles. The number of carbonyl (C=O) groups is 1. The monoisotopic (exact) mass is 251 g/mol. The second-order valence-corrected chi connectivity index (χ2v) is 5.39. The highest BCUT2D eigenvalue weighted by molar-refractivity contribution is 6.31. The molecule has 2 unspecified atom stereocenters. The average Bonchev–Trinajstić information content (AvgIpc) is 2.90. The molecule has 0 spiro atoms. The van der Waals surface area contributed by atoms with Gasteiger partial charge in [-0.1, -0.05) is 11.6 Å². The van der Waals surface area contributed by atoms with Crippen LogP contribution in [-0.4, -0.2) is 23.7 Å². The molecule has 0 aromatic heterocycles. The van der Waals surface area contributed by atoms with Gasteiger partial charge in [0.2, 0.25) is 0 Å². The minimum Gasteiger partial charge on any atom is -0.478 e. The average molecular weight is 252 g/mol. The summed E-state index contributed by atoms with van der Waals surface area (Å²) in [4.78, 5) is 13.5. The molecule has 3 nitrogen and oxygen atoms in total. The Balaban J connectivity index is 2.01. The summed E-state index contributed by atoms with van der Waals surface area (Å²) >= 11 is 5.98. The predicted octanol–water partition coefficient (Wildman–Crippen LogP) is 3.03. The lowest BCUT2D eigenvalue weighted by Gasteiger charge is -2.30. The summed E-state index contributed by atoms with van der Waals surface area (Å²) in [5.74, 6) is -0.139. The second kappa shape index (κ2) is 3.91. The molecule has 90 valence electrons. The van der Waals surface area contributed by atoms with Crippen LogP contribution in [-0.2, 0) is 0 Å². The van der Waals surface area contributed by atoms with E-state index in [2.05, 4.69) is 4.90 Å². The number of benzene rings is 1. The van der Waals surface area contributed by atoms with E-state index in [9.17, 15) is 9.90 Å². The lowest BCUT2D eigenvalue weighted by atomic mass is 10.1. The lowest BCUT2D eigenvalue weighted by molar-refractivity contribution is 0.0697. The normalized spacial score (nSPS) is 26.5. The zero-order chi connectivity index (χ0) is 12.0. The van der Waals surface area contributed by atoms with Crippen LogP contribution in [0.3, 0.4) is 0 Å². The fraction of sp³-hybridized carbons (Fsp3) is 0.462. The van der Waals surface area contributed by atoms with Crippen LogP contribution >= 0.6 is 11.6 Å². The van der Waals surface area contributed by atoms with Gasteiger partial charge in [-0.25, -0.2) is 4.79 Å². The quantitative estimate of drug-likeness (QED) is 0.878. The molecule has 1 aromatic carbocycles. The molecular formula is C13H14ClNO2. The van der Waals surface area contributed by atoms with Crippen LogP contribution in [0.1, 0.15) is 29.6 Å². The summed E-state index contributed by atoms with van der Waals surface area (Å²) in [6.07, 6.45) is 3.66. The number of piperidine rings is 1. The largest absolute Gasteiger partial charge is 0.478 e. The summed E-state index contributed by atoms with van der Waals surface area (Å²) in [5, 5.41) is 9.82. The van der Waals surface area contributed by atoms with Crippen LogP contribution in [0.4, 0.5) is 5.69 Å². The number of halogens is 1. The number of nitrogens with zero attached hydrogens (tertiary/aromatic N) is 1. The summed E-state index contributed by atoms with van der Waals surface area (Å²) in [6, 6.07) is 5.54. The first-order valence-electron chi connectivity index (χ1n) is 5.94. The van der Waals surface area contributed by atoms with E-state index in [0.717, 1.165) is 18.2 Å². The minimum atomic E-state index is -0.876. The maximum atomic E-state index is 11.2. The van der Waals surface area contributed by atoms with Crippen molar-refractivity contribution >= 4 is 23.3 Å². The molecule has 1 aromatic rings. The second-order valence-electron chi connectivity index (χ2n) is 4.95. The van der Waals surface area contributed by atoms with E-state index in [-0.39, 0.29) is 0 Å². The smallest absolute Gasteiger partial charge is 0.337 e. The highest BCUT2D eigenvalue weighted by Crippen LogP contribution is 2.41. The summed E-state index contributed by atoms with van der Waals surface area (Å²) in [5.41, 5.74) is 1.15. The Morgan fingerprint density at radius 2 is 2.24 bits per heavy atom. The fourth-order valence-electron chi connectivity index (χ4n) is 3.14. The molecule has 1 aliphatic heterocycles. The van der Waals surface area contributed by atoms with E-state index < -0.39 is 5.97 Å². The highest BCUT2D eigenvalue weighted by Gasteiger charge is 2.39. The molecule has 17 heavy (non-hydrogen) atoms. The van der Waals surface area contributed by atoms with Crippen LogP contribution in [0.25, 0.3) is 0 Å². The Kier molecular flexibility index (Phi) is 2.51. The fourth-order valence-corrected chi connectivity index (χ4v) is 3.31. The van der Waals surface area contributed by atoms with Crippen LogP contribution < -0.4 is 4.90 Å². The molecule has 2 aliphatic rings. The van der Waals surface area contributed by atoms with Crippen molar-refractivity contribution in [3.8, 4) is 0 Å². The lowest BCUT2D eigenvalue weighted by Crippen LogP contribution is -2.33. The molecule has 1 saturated carbocycles. The molecule has 2 fully saturated rings. The van der Waals surface area contributed by atoms with Gasteiger partial charge in [0.1, 0.15) is 0 Å². The van der Waals surface area contributed by atoms with Crippen molar-refractivity contribution in [3.05, 3.63) is 28.8 Å². The van der Waals surface area contributed by atoms with Crippen molar-refractivity contribution in [2.75, 3.05) is 11.4 Å². The van der Waals surface area contributed by atoms with Gasteiger partial charge in [0.05, 0.1) is 11.3 Å². The Morgan fingerprint density at radius 1 is 1.41 bits per heavy atom. The third kappa shape index (κ3) is 1.78. The number of carboxylic acid groups (broad SMARTS) is 1. The van der Waals surface area contributed by atoms with Gasteiger partial charge in [0.25, 0.3) is 0 Å². The maximum Gasteiger partial charge on any atom is 0.337 e. The summed E-state index contributed by atoms with van der Waals surface area (Å²) < 4.78 is 0. The third-order valence-corrected chi connectivity index (χ3v) is 4.14. The van der Waals surface area contributed by atoms with Crippen molar-refractivity contribution in [2.45, 2.75) is 25.3 Å². The van der Waals surface area contributed by atoms with Gasteiger partial charge in [0, 0.05) is 17.6 Å². The van der Waals surface area contributed by atoms with E-state index >= 15 is 0 Å². The number of anilines is 1. The Bertz CT molecular complexity index is 474. The molecule has 2 atom stereocenters. The molecule has 4 heteroatoms. The first-order valence-corrected chi connectivity index (χ1v) is 6.32. The molecule has 0 radical (unpaired) electrons. The van der Waals surface area contributed by atoms with Crippen molar-refractivity contribution in [2.24, 2.45) is 5.92 Å². The van der Waals surface area contributed by atoms with Gasteiger partial charge in [-0.15, -0.1) is 0 Å². The summed E-state index contributed by atoms with van der Waals surface area (Å²) in [6.45, 7) is 0.977. The molecule has 2 bridgehead atoms. The molecule has 1 heterocycles. The van der Waals surface area contributed by atoms with Gasteiger partial charge in [-0.05, 0) is 43.4 Å². The predicted molar refractivity (Wildman–Crippen MR) is 66.9 cm³/mol. The Morgan fingerprint density at radius 3 is 2.82 bits per heavy atom. The van der Waals surface area contributed by atoms with Gasteiger partial charge < -0.3 is 10.0 Å². The van der Waals surface area contributed by atoms with Crippen molar-refractivity contribution in [3.63, 3.8) is 0 Å². The Hall–Kier alpha value is -1.22. The number of hydrogen-bond acceptors (Lipinski definition) is 2. The van der Waals surface area contributed by atoms with Gasteiger partial charge in [-0.2, -0.15) is 0 Å². The van der Waals surface area contributed by atoms with Crippen molar-refractivity contribution in [1.82, 2.24) is 0 Å². The first kappa shape index (κ1) is 10.9. The first-order chi connectivity index (χ1) is 8.15. The highest BCUT2D eigenvalue weighted by atomic mass is 35.5. The van der Waals surface area contributed by atoms with Crippen LogP contribution in [0.15, 0.2) is 18.2 Å².